The minimum absolute atomic E-state index is 0.531. The van der Waals surface area contributed by atoms with Crippen molar-refractivity contribution >= 4 is 5.96 Å². The van der Waals surface area contributed by atoms with Gasteiger partial charge in [0, 0.05) is 51.9 Å². The van der Waals surface area contributed by atoms with Gasteiger partial charge in [-0.1, -0.05) is 25.7 Å². The van der Waals surface area contributed by atoms with Gasteiger partial charge >= 0.3 is 0 Å². The Kier molecular flexibility index (Phi) is 7.83. The molecule has 0 aromatic rings. The average Bonchev–Trinajstić information content (AvgIpc) is 2.91. The molecule has 3 fully saturated rings. The predicted octanol–water partition coefficient (Wildman–Crippen LogP) is 3.02. The van der Waals surface area contributed by atoms with Crippen molar-refractivity contribution in [2.75, 3.05) is 59.4 Å². The number of piperidine rings is 1. The Hall–Kier alpha value is -0.810. The molecule has 2 saturated heterocycles. The third-order valence-corrected chi connectivity index (χ3v) is 7.13. The highest BCUT2D eigenvalue weighted by atomic mass is 15.3. The third kappa shape index (κ3) is 5.83. The molecule has 1 spiro atoms. The van der Waals surface area contributed by atoms with Crippen LogP contribution in [0, 0.1) is 5.41 Å². The van der Waals surface area contributed by atoms with Crippen LogP contribution in [0.25, 0.3) is 0 Å². The molecule has 5 heteroatoms. The molecule has 5 nitrogen and oxygen atoms in total. The lowest BCUT2D eigenvalue weighted by atomic mass is 9.74. The van der Waals surface area contributed by atoms with E-state index in [1.165, 1.54) is 96.6 Å². The number of likely N-dealkylation sites (tertiary alicyclic amines) is 1. The summed E-state index contributed by atoms with van der Waals surface area (Å²) in [5.74, 6) is 1.17. The van der Waals surface area contributed by atoms with Crippen molar-refractivity contribution in [3.8, 4) is 0 Å². The highest BCUT2D eigenvalue weighted by Crippen LogP contribution is 2.42. The summed E-state index contributed by atoms with van der Waals surface area (Å²) in [7, 11) is 2.23. The first-order valence-electron chi connectivity index (χ1n) is 11.6. The lowest BCUT2D eigenvalue weighted by Gasteiger charge is -2.44. The summed E-state index contributed by atoms with van der Waals surface area (Å²) in [6.07, 6.45) is 11.4. The van der Waals surface area contributed by atoms with Crippen molar-refractivity contribution in [3.63, 3.8) is 0 Å². The molecule has 1 atom stereocenters. The zero-order chi connectivity index (χ0) is 19.1. The zero-order valence-electron chi connectivity index (χ0n) is 18.2. The molecule has 3 aliphatic rings. The smallest absolute Gasteiger partial charge is 0.193 e. The van der Waals surface area contributed by atoms with Gasteiger partial charge in [0.2, 0.25) is 0 Å². The van der Waals surface area contributed by atoms with Gasteiger partial charge in [-0.05, 0) is 52.0 Å². The van der Waals surface area contributed by atoms with E-state index in [1.807, 2.05) is 0 Å². The van der Waals surface area contributed by atoms with Crippen LogP contribution < -0.4 is 5.32 Å². The average molecular weight is 378 g/mol. The summed E-state index contributed by atoms with van der Waals surface area (Å²) in [6, 6.07) is 0.531. The largest absolute Gasteiger partial charge is 0.357 e. The Bertz CT molecular complexity index is 461. The summed E-state index contributed by atoms with van der Waals surface area (Å²) in [6.45, 7) is 13.5. The first-order chi connectivity index (χ1) is 13.1. The van der Waals surface area contributed by atoms with Gasteiger partial charge in [-0.3, -0.25) is 9.89 Å². The lowest BCUT2D eigenvalue weighted by Crippen LogP contribution is -2.51. The molecule has 0 radical (unpaired) electrons. The molecule has 2 aliphatic heterocycles. The van der Waals surface area contributed by atoms with E-state index >= 15 is 0 Å². The van der Waals surface area contributed by atoms with Crippen LogP contribution in [0.1, 0.15) is 65.2 Å². The van der Waals surface area contributed by atoms with E-state index in [2.05, 4.69) is 40.9 Å². The predicted molar refractivity (Wildman–Crippen MR) is 115 cm³/mol. The normalized spacial score (nSPS) is 26.8. The van der Waals surface area contributed by atoms with Crippen LogP contribution >= 0.6 is 0 Å². The number of hydrogen-bond acceptors (Lipinski definition) is 3. The SMILES string of the molecule is CCNC(=NCC(C)N1CCN(C)CC1)N1CCCC2(CCCCCC2)C1. The number of nitrogens with one attached hydrogen (secondary N) is 1. The number of nitrogens with zero attached hydrogens (tertiary/aromatic N) is 4. The highest BCUT2D eigenvalue weighted by molar-refractivity contribution is 5.80. The summed E-state index contributed by atoms with van der Waals surface area (Å²) >= 11 is 0. The Morgan fingerprint density at radius 1 is 0.963 bits per heavy atom. The fourth-order valence-corrected chi connectivity index (χ4v) is 5.30. The third-order valence-electron chi connectivity index (χ3n) is 7.13. The number of likely N-dealkylation sites (N-methyl/N-ethyl adjacent to an activating group) is 1. The monoisotopic (exact) mass is 377 g/mol. The lowest BCUT2D eigenvalue weighted by molar-refractivity contribution is 0.113. The first kappa shape index (κ1) is 20.9. The van der Waals surface area contributed by atoms with Crippen LogP contribution in [0.5, 0.6) is 0 Å². The van der Waals surface area contributed by atoms with Crippen molar-refractivity contribution in [2.24, 2.45) is 10.4 Å². The highest BCUT2D eigenvalue weighted by Gasteiger charge is 2.36. The van der Waals surface area contributed by atoms with E-state index in [0.717, 1.165) is 13.1 Å². The van der Waals surface area contributed by atoms with E-state index in [9.17, 15) is 0 Å². The quantitative estimate of drug-likeness (QED) is 0.603. The van der Waals surface area contributed by atoms with Crippen LogP contribution in [0.3, 0.4) is 0 Å². The maximum absolute atomic E-state index is 5.11. The summed E-state index contributed by atoms with van der Waals surface area (Å²) in [5, 5.41) is 3.60. The van der Waals surface area contributed by atoms with Gasteiger partial charge in [0.15, 0.2) is 5.96 Å². The van der Waals surface area contributed by atoms with E-state index in [-0.39, 0.29) is 0 Å². The molecule has 1 N–H and O–H groups in total. The van der Waals surface area contributed by atoms with E-state index in [4.69, 9.17) is 4.99 Å². The van der Waals surface area contributed by atoms with Crippen molar-refractivity contribution < 1.29 is 0 Å². The molecule has 1 saturated carbocycles. The van der Waals surface area contributed by atoms with Crippen molar-refractivity contribution in [1.82, 2.24) is 20.0 Å². The molecule has 1 unspecified atom stereocenters. The molecule has 156 valence electrons. The van der Waals surface area contributed by atoms with Crippen molar-refractivity contribution in [3.05, 3.63) is 0 Å². The second-order valence-electron chi connectivity index (χ2n) is 9.32. The van der Waals surface area contributed by atoms with Gasteiger partial charge < -0.3 is 15.1 Å². The number of aliphatic imine (C=N–C) groups is 1. The van der Waals surface area contributed by atoms with Crippen molar-refractivity contribution in [2.45, 2.75) is 71.3 Å². The molecule has 1 aliphatic carbocycles. The van der Waals surface area contributed by atoms with Gasteiger partial charge in [0.05, 0.1) is 6.54 Å². The standard InChI is InChI=1S/C22H43N5/c1-4-23-21(24-18-20(2)26-16-14-25(3)15-17-26)27-13-9-12-22(19-27)10-7-5-6-8-11-22/h20H,4-19H2,1-3H3,(H,23,24). The minimum Gasteiger partial charge on any atom is -0.357 e. The van der Waals surface area contributed by atoms with Gasteiger partial charge in [-0.15, -0.1) is 0 Å². The molecule has 2 heterocycles. The number of hydrogen-bond donors (Lipinski definition) is 1. The number of piperazine rings is 1. The van der Waals surface area contributed by atoms with Crippen molar-refractivity contribution in [1.29, 1.82) is 0 Å². The van der Waals surface area contributed by atoms with Gasteiger partial charge in [-0.25, -0.2) is 0 Å². The van der Waals surface area contributed by atoms with Gasteiger partial charge in [0.25, 0.3) is 0 Å². The summed E-state index contributed by atoms with van der Waals surface area (Å²) in [4.78, 5) is 12.7. The molecule has 0 amide bonds. The molecule has 3 rings (SSSR count). The molecule has 0 aromatic heterocycles. The van der Waals surface area contributed by atoms with E-state index < -0.39 is 0 Å². The first-order valence-corrected chi connectivity index (χ1v) is 11.6. The minimum atomic E-state index is 0.531. The molecule has 0 bridgehead atoms. The van der Waals surface area contributed by atoms with Crippen LogP contribution in [-0.4, -0.2) is 86.1 Å². The molecule has 27 heavy (non-hydrogen) atoms. The maximum Gasteiger partial charge on any atom is 0.193 e. The topological polar surface area (TPSA) is 34.1 Å². The van der Waals surface area contributed by atoms with Gasteiger partial charge in [0.1, 0.15) is 0 Å². The second kappa shape index (κ2) is 10.1. The Morgan fingerprint density at radius 2 is 1.63 bits per heavy atom. The Balaban J connectivity index is 1.60. The second-order valence-corrected chi connectivity index (χ2v) is 9.32. The zero-order valence-corrected chi connectivity index (χ0v) is 18.2. The van der Waals surface area contributed by atoms with Crippen LogP contribution in [-0.2, 0) is 0 Å². The van der Waals surface area contributed by atoms with E-state index in [1.54, 1.807) is 0 Å². The van der Waals surface area contributed by atoms with Crippen LogP contribution in [0.2, 0.25) is 0 Å². The summed E-state index contributed by atoms with van der Waals surface area (Å²) < 4.78 is 0. The van der Waals surface area contributed by atoms with Crippen LogP contribution in [0.15, 0.2) is 4.99 Å². The summed E-state index contributed by atoms with van der Waals surface area (Å²) in [5.41, 5.74) is 0.564. The number of guanidine groups is 1. The maximum atomic E-state index is 5.11. The molecular formula is C22H43N5. The van der Waals surface area contributed by atoms with Crippen LogP contribution in [0.4, 0.5) is 0 Å². The number of rotatable bonds is 4. The van der Waals surface area contributed by atoms with E-state index in [0.29, 0.717) is 11.5 Å². The molecular weight excluding hydrogens is 334 g/mol. The van der Waals surface area contributed by atoms with Gasteiger partial charge in [-0.2, -0.15) is 0 Å². The Morgan fingerprint density at radius 3 is 2.30 bits per heavy atom. The molecule has 0 aromatic carbocycles. The fourth-order valence-electron chi connectivity index (χ4n) is 5.30. The fraction of sp³-hybridized carbons (Fsp3) is 0.955. The Labute approximate surface area is 167 Å².